The Morgan fingerprint density at radius 3 is 2.61 bits per heavy atom. The molecule has 1 aromatic rings. The van der Waals surface area contributed by atoms with Crippen molar-refractivity contribution in [1.29, 1.82) is 0 Å². The molecule has 0 aliphatic carbocycles. The minimum absolute atomic E-state index is 0.00424. The second-order valence-electron chi connectivity index (χ2n) is 6.51. The van der Waals surface area contributed by atoms with E-state index >= 15 is 0 Å². The summed E-state index contributed by atoms with van der Waals surface area (Å²) in [4.78, 5) is 25.7. The first-order valence-electron chi connectivity index (χ1n) is 7.40. The lowest BCUT2D eigenvalue weighted by molar-refractivity contribution is -0.120. The Hall–Kier alpha value is -2.15. The SMILES string of the molecule is CC(C)(C)OC(=O)N1C[C@H](O)C[C@H]1C(=O)Nc1ccccc1F. The van der Waals surface area contributed by atoms with Gasteiger partial charge in [0, 0.05) is 6.42 Å². The lowest BCUT2D eigenvalue weighted by Gasteiger charge is -2.27. The van der Waals surface area contributed by atoms with E-state index in [4.69, 9.17) is 4.74 Å². The van der Waals surface area contributed by atoms with Crippen molar-refractivity contribution in [2.45, 2.75) is 44.9 Å². The standard InChI is InChI=1S/C16H21FN2O4/c1-16(2,3)23-15(22)19-9-10(20)8-13(19)14(21)18-12-7-5-4-6-11(12)17/h4-7,10,13,20H,8-9H2,1-3H3,(H,18,21)/t10-,13+/m1/s1. The molecule has 1 saturated heterocycles. The molecule has 0 spiro atoms. The summed E-state index contributed by atoms with van der Waals surface area (Å²) >= 11 is 0. The Labute approximate surface area is 134 Å². The lowest BCUT2D eigenvalue weighted by atomic mass is 10.1. The summed E-state index contributed by atoms with van der Waals surface area (Å²) in [7, 11) is 0. The molecule has 0 unspecified atom stereocenters. The van der Waals surface area contributed by atoms with E-state index in [9.17, 15) is 19.1 Å². The number of aliphatic hydroxyl groups excluding tert-OH is 1. The number of nitrogens with zero attached hydrogens (tertiary/aromatic N) is 1. The summed E-state index contributed by atoms with van der Waals surface area (Å²) in [6, 6.07) is 4.85. The monoisotopic (exact) mass is 324 g/mol. The Morgan fingerprint density at radius 2 is 2.00 bits per heavy atom. The van der Waals surface area contributed by atoms with Crippen LogP contribution >= 0.6 is 0 Å². The summed E-state index contributed by atoms with van der Waals surface area (Å²) in [5, 5.41) is 12.2. The van der Waals surface area contributed by atoms with Gasteiger partial charge in [-0.1, -0.05) is 12.1 Å². The average molecular weight is 324 g/mol. The molecular formula is C16H21FN2O4. The van der Waals surface area contributed by atoms with E-state index in [0.29, 0.717) is 0 Å². The highest BCUT2D eigenvalue weighted by atomic mass is 19.1. The quantitative estimate of drug-likeness (QED) is 0.873. The minimum Gasteiger partial charge on any atom is -0.444 e. The molecule has 2 atom stereocenters. The van der Waals surface area contributed by atoms with Gasteiger partial charge in [-0.25, -0.2) is 9.18 Å². The van der Waals surface area contributed by atoms with Crippen molar-refractivity contribution >= 4 is 17.7 Å². The van der Waals surface area contributed by atoms with Gasteiger partial charge in [-0.3, -0.25) is 9.69 Å². The highest BCUT2D eigenvalue weighted by molar-refractivity contribution is 5.97. The number of carbonyl (C=O) groups excluding carboxylic acids is 2. The lowest BCUT2D eigenvalue weighted by Crippen LogP contribution is -2.45. The fourth-order valence-electron chi connectivity index (χ4n) is 2.36. The Bertz CT molecular complexity index is 600. The minimum atomic E-state index is -0.903. The van der Waals surface area contributed by atoms with Crippen molar-refractivity contribution in [3.05, 3.63) is 30.1 Å². The first kappa shape index (κ1) is 17.2. The van der Waals surface area contributed by atoms with Crippen molar-refractivity contribution in [2.75, 3.05) is 11.9 Å². The largest absolute Gasteiger partial charge is 0.444 e. The van der Waals surface area contributed by atoms with Gasteiger partial charge in [0.2, 0.25) is 5.91 Å². The zero-order valence-electron chi connectivity index (χ0n) is 13.4. The molecule has 1 fully saturated rings. The predicted octanol–water partition coefficient (Wildman–Crippen LogP) is 2.13. The Kier molecular flexibility index (Phi) is 4.89. The molecule has 1 aliphatic heterocycles. The molecule has 1 aromatic carbocycles. The zero-order valence-corrected chi connectivity index (χ0v) is 13.4. The average Bonchev–Trinajstić information content (AvgIpc) is 2.82. The fraction of sp³-hybridized carbons (Fsp3) is 0.500. The number of ether oxygens (including phenoxy) is 1. The van der Waals surface area contributed by atoms with Gasteiger partial charge in [-0.2, -0.15) is 0 Å². The van der Waals surface area contributed by atoms with Crippen LogP contribution < -0.4 is 5.32 Å². The molecule has 23 heavy (non-hydrogen) atoms. The normalized spacial score (nSPS) is 21.2. The van der Waals surface area contributed by atoms with Crippen molar-refractivity contribution in [2.24, 2.45) is 0 Å². The molecular weight excluding hydrogens is 303 g/mol. The van der Waals surface area contributed by atoms with Gasteiger partial charge in [-0.15, -0.1) is 0 Å². The molecule has 7 heteroatoms. The van der Waals surface area contributed by atoms with Crippen LogP contribution in [0.25, 0.3) is 0 Å². The summed E-state index contributed by atoms with van der Waals surface area (Å²) in [6.07, 6.45) is -1.42. The van der Waals surface area contributed by atoms with E-state index in [0.717, 1.165) is 0 Å². The van der Waals surface area contributed by atoms with E-state index in [1.807, 2.05) is 0 Å². The molecule has 6 nitrogen and oxygen atoms in total. The molecule has 0 radical (unpaired) electrons. The number of amides is 2. The van der Waals surface area contributed by atoms with E-state index in [1.165, 1.54) is 23.1 Å². The zero-order chi connectivity index (χ0) is 17.2. The van der Waals surface area contributed by atoms with Crippen LogP contribution in [0.2, 0.25) is 0 Å². The number of halogens is 1. The number of likely N-dealkylation sites (tertiary alicyclic amines) is 1. The number of benzene rings is 1. The van der Waals surface area contributed by atoms with Gasteiger partial charge in [0.05, 0.1) is 18.3 Å². The molecule has 0 bridgehead atoms. The smallest absolute Gasteiger partial charge is 0.411 e. The Morgan fingerprint density at radius 1 is 1.35 bits per heavy atom. The van der Waals surface area contributed by atoms with Crippen LogP contribution in [0, 0.1) is 5.82 Å². The van der Waals surface area contributed by atoms with Crippen molar-refractivity contribution in [1.82, 2.24) is 4.90 Å². The molecule has 1 heterocycles. The number of para-hydroxylation sites is 1. The van der Waals surface area contributed by atoms with Crippen molar-refractivity contribution in [3.63, 3.8) is 0 Å². The number of rotatable bonds is 2. The van der Waals surface area contributed by atoms with E-state index in [1.54, 1.807) is 26.8 Å². The molecule has 0 aromatic heterocycles. The number of aliphatic hydroxyl groups is 1. The van der Waals surface area contributed by atoms with Crippen LogP contribution in [0.4, 0.5) is 14.9 Å². The van der Waals surface area contributed by atoms with Gasteiger partial charge in [-0.05, 0) is 32.9 Å². The number of anilines is 1. The third-order valence-corrected chi connectivity index (χ3v) is 3.34. The van der Waals surface area contributed by atoms with E-state index < -0.39 is 35.6 Å². The Balaban J connectivity index is 2.11. The van der Waals surface area contributed by atoms with Crippen molar-refractivity contribution in [3.8, 4) is 0 Å². The first-order valence-corrected chi connectivity index (χ1v) is 7.40. The topological polar surface area (TPSA) is 78.9 Å². The van der Waals surface area contributed by atoms with Crippen LogP contribution in [0.5, 0.6) is 0 Å². The van der Waals surface area contributed by atoms with Gasteiger partial charge in [0.25, 0.3) is 0 Å². The maximum atomic E-state index is 13.6. The highest BCUT2D eigenvalue weighted by Gasteiger charge is 2.41. The fourth-order valence-corrected chi connectivity index (χ4v) is 2.36. The molecule has 126 valence electrons. The van der Waals surface area contributed by atoms with Crippen LogP contribution in [0.1, 0.15) is 27.2 Å². The highest BCUT2D eigenvalue weighted by Crippen LogP contribution is 2.23. The van der Waals surface area contributed by atoms with E-state index in [-0.39, 0.29) is 18.7 Å². The second-order valence-corrected chi connectivity index (χ2v) is 6.51. The second kappa shape index (κ2) is 6.54. The summed E-state index contributed by atoms with van der Waals surface area (Å²) in [5.74, 6) is -1.12. The summed E-state index contributed by atoms with van der Waals surface area (Å²) < 4.78 is 18.9. The molecule has 2 amide bonds. The van der Waals surface area contributed by atoms with Gasteiger partial charge < -0.3 is 15.2 Å². The van der Waals surface area contributed by atoms with E-state index in [2.05, 4.69) is 5.32 Å². The number of nitrogens with one attached hydrogen (secondary N) is 1. The maximum absolute atomic E-state index is 13.6. The third-order valence-electron chi connectivity index (χ3n) is 3.34. The van der Waals surface area contributed by atoms with Crippen LogP contribution in [0.3, 0.4) is 0 Å². The van der Waals surface area contributed by atoms with Gasteiger partial charge in [0.1, 0.15) is 17.5 Å². The number of hydrogen-bond donors (Lipinski definition) is 2. The molecule has 1 aliphatic rings. The first-order chi connectivity index (χ1) is 10.7. The van der Waals surface area contributed by atoms with Crippen LogP contribution in [-0.2, 0) is 9.53 Å². The van der Waals surface area contributed by atoms with Crippen LogP contribution in [0.15, 0.2) is 24.3 Å². The summed E-state index contributed by atoms with van der Waals surface area (Å²) in [5.41, 5.74) is -0.681. The number of β-amino-alcohol motifs (C(OH)–C–C–N with tert-alkyl or cyclic N) is 1. The van der Waals surface area contributed by atoms with Gasteiger partial charge >= 0.3 is 6.09 Å². The van der Waals surface area contributed by atoms with Gasteiger partial charge in [0.15, 0.2) is 0 Å². The third kappa shape index (κ3) is 4.41. The number of carbonyl (C=O) groups is 2. The molecule has 2 N–H and O–H groups in total. The number of hydrogen-bond acceptors (Lipinski definition) is 4. The summed E-state index contributed by atoms with van der Waals surface area (Å²) in [6.45, 7) is 5.15. The molecule has 0 saturated carbocycles. The molecule has 2 rings (SSSR count). The maximum Gasteiger partial charge on any atom is 0.411 e. The van der Waals surface area contributed by atoms with Crippen molar-refractivity contribution < 1.29 is 23.8 Å². The van der Waals surface area contributed by atoms with Crippen LogP contribution in [-0.4, -0.2) is 46.3 Å². The predicted molar refractivity (Wildman–Crippen MR) is 82.4 cm³/mol.